The molecule has 4 aliphatic carbocycles. The number of hydrogen-bond donors (Lipinski definition) is 1. The maximum atomic E-state index is 12.9. The Morgan fingerprint density at radius 2 is 1.65 bits per heavy atom. The second-order valence-electron chi connectivity index (χ2n) is 7.56. The van der Waals surface area contributed by atoms with Crippen LogP contribution in [0.15, 0.2) is 0 Å². The Bertz CT molecular complexity index is 374. The first kappa shape index (κ1) is 13.1. The number of fused-ring (bicyclic) bond motifs is 5. The molecular weight excluding hydrogens is 250 g/mol. The molecule has 1 N–H and O–H groups in total. The number of carbonyl (C=O) groups excluding carboxylic acids is 1. The number of amides is 1. The highest BCUT2D eigenvalue weighted by atomic mass is 16.3. The zero-order valence-electron chi connectivity index (χ0n) is 12.3. The minimum Gasteiger partial charge on any atom is -0.395 e. The number of rotatable bonds is 4. The second kappa shape index (κ2) is 5.01. The predicted molar refractivity (Wildman–Crippen MR) is 77.0 cm³/mol. The molecule has 0 spiro atoms. The predicted octanol–water partition coefficient (Wildman–Crippen LogP) is 2.43. The van der Waals surface area contributed by atoms with E-state index >= 15 is 0 Å². The first-order chi connectivity index (χ1) is 9.81. The van der Waals surface area contributed by atoms with E-state index in [0.717, 1.165) is 36.5 Å². The highest BCUT2D eigenvalue weighted by Gasteiger charge is 2.68. The summed E-state index contributed by atoms with van der Waals surface area (Å²) in [4.78, 5) is 15.0. The highest BCUT2D eigenvalue weighted by Crippen LogP contribution is 2.69. The maximum absolute atomic E-state index is 12.9. The molecule has 112 valence electrons. The fraction of sp³-hybridized carbons (Fsp3) is 0.941. The number of hydrogen-bond acceptors (Lipinski definition) is 2. The quantitative estimate of drug-likeness (QED) is 0.857. The monoisotopic (exact) mass is 277 g/mol. The Morgan fingerprint density at radius 1 is 1.00 bits per heavy atom. The Balaban J connectivity index is 1.45. The fourth-order valence-electron chi connectivity index (χ4n) is 5.82. The van der Waals surface area contributed by atoms with Crippen molar-refractivity contribution in [2.45, 2.75) is 57.4 Å². The summed E-state index contributed by atoms with van der Waals surface area (Å²) < 4.78 is 0. The third-order valence-corrected chi connectivity index (χ3v) is 6.66. The summed E-state index contributed by atoms with van der Waals surface area (Å²) in [6.45, 7) is 0.686. The number of aliphatic hydroxyl groups excluding tert-OH is 1. The molecule has 4 fully saturated rings. The number of nitrogens with zero attached hydrogens (tertiary/aromatic N) is 1. The lowest BCUT2D eigenvalue weighted by Gasteiger charge is -2.34. The maximum Gasteiger partial charge on any atom is 0.226 e. The first-order valence-electron chi connectivity index (χ1n) is 8.72. The Kier molecular flexibility index (Phi) is 3.29. The van der Waals surface area contributed by atoms with E-state index in [-0.39, 0.29) is 6.61 Å². The molecule has 4 rings (SSSR count). The topological polar surface area (TPSA) is 40.5 Å². The van der Waals surface area contributed by atoms with Crippen LogP contribution in [0, 0.1) is 29.6 Å². The smallest absolute Gasteiger partial charge is 0.226 e. The first-order valence-corrected chi connectivity index (χ1v) is 8.72. The van der Waals surface area contributed by atoms with Gasteiger partial charge in [0.2, 0.25) is 5.91 Å². The molecule has 0 aliphatic heterocycles. The van der Waals surface area contributed by atoms with E-state index in [9.17, 15) is 9.90 Å². The van der Waals surface area contributed by atoms with E-state index < -0.39 is 0 Å². The van der Waals surface area contributed by atoms with E-state index in [2.05, 4.69) is 4.90 Å². The molecule has 0 radical (unpaired) electrons. The standard InChI is InChI=1S/C17H27NO2/c19-9-8-18(13-4-2-1-3-5-13)17(20)16-14-11-6-7-12(10-11)15(14)16/h11-16,19H,1-10H2. The number of aliphatic hydroxyl groups is 1. The lowest BCUT2D eigenvalue weighted by atomic mass is 9.93. The summed E-state index contributed by atoms with van der Waals surface area (Å²) in [6, 6.07) is 0.419. The summed E-state index contributed by atoms with van der Waals surface area (Å²) in [5, 5.41) is 9.34. The average molecular weight is 277 g/mol. The van der Waals surface area contributed by atoms with Crippen LogP contribution < -0.4 is 0 Å². The van der Waals surface area contributed by atoms with Crippen LogP contribution in [-0.2, 0) is 4.79 Å². The zero-order chi connectivity index (χ0) is 13.7. The molecule has 0 saturated heterocycles. The van der Waals surface area contributed by atoms with Gasteiger partial charge in [0, 0.05) is 18.5 Å². The fourth-order valence-corrected chi connectivity index (χ4v) is 5.82. The molecule has 4 unspecified atom stereocenters. The van der Waals surface area contributed by atoms with Crippen LogP contribution in [0.25, 0.3) is 0 Å². The summed E-state index contributed by atoms with van der Waals surface area (Å²) in [6.07, 6.45) is 10.3. The lowest BCUT2D eigenvalue weighted by Crippen LogP contribution is -2.44. The lowest BCUT2D eigenvalue weighted by molar-refractivity contribution is -0.137. The van der Waals surface area contributed by atoms with Crippen LogP contribution in [-0.4, -0.2) is 35.1 Å². The molecule has 0 aromatic heterocycles. The normalized spacial score (nSPS) is 42.5. The largest absolute Gasteiger partial charge is 0.395 e. The van der Waals surface area contributed by atoms with Crippen molar-refractivity contribution in [3.05, 3.63) is 0 Å². The SMILES string of the molecule is O=C(C1C2C3CCC(C3)C12)N(CCO)C1CCCCC1. The molecule has 4 saturated carbocycles. The Morgan fingerprint density at radius 3 is 2.25 bits per heavy atom. The molecule has 3 nitrogen and oxygen atoms in total. The van der Waals surface area contributed by atoms with E-state index in [0.29, 0.717) is 24.4 Å². The summed E-state index contributed by atoms with van der Waals surface area (Å²) in [7, 11) is 0. The van der Waals surface area contributed by atoms with Crippen LogP contribution in [0.2, 0.25) is 0 Å². The highest BCUT2D eigenvalue weighted by molar-refractivity contribution is 5.83. The third-order valence-electron chi connectivity index (χ3n) is 6.66. The van der Waals surface area contributed by atoms with Gasteiger partial charge in [-0.05, 0) is 55.8 Å². The van der Waals surface area contributed by atoms with Crippen LogP contribution in [0.3, 0.4) is 0 Å². The summed E-state index contributed by atoms with van der Waals surface area (Å²) in [5.41, 5.74) is 0. The summed E-state index contributed by atoms with van der Waals surface area (Å²) in [5.74, 6) is 3.92. The molecule has 4 aliphatic rings. The van der Waals surface area contributed by atoms with Gasteiger partial charge in [-0.25, -0.2) is 0 Å². The van der Waals surface area contributed by atoms with E-state index in [4.69, 9.17) is 0 Å². The molecule has 0 aromatic carbocycles. The van der Waals surface area contributed by atoms with Gasteiger partial charge in [0.1, 0.15) is 0 Å². The van der Waals surface area contributed by atoms with Crippen molar-refractivity contribution in [1.82, 2.24) is 4.90 Å². The molecule has 4 atom stereocenters. The third kappa shape index (κ3) is 1.93. The van der Waals surface area contributed by atoms with E-state index in [1.165, 1.54) is 38.5 Å². The van der Waals surface area contributed by atoms with Gasteiger partial charge in [-0.3, -0.25) is 4.79 Å². The molecule has 0 heterocycles. The van der Waals surface area contributed by atoms with Gasteiger partial charge in [0.25, 0.3) is 0 Å². The van der Waals surface area contributed by atoms with Crippen molar-refractivity contribution in [3.8, 4) is 0 Å². The van der Waals surface area contributed by atoms with Crippen LogP contribution in [0.4, 0.5) is 0 Å². The van der Waals surface area contributed by atoms with Gasteiger partial charge in [0.05, 0.1) is 6.61 Å². The molecular formula is C17H27NO2. The van der Waals surface area contributed by atoms with Gasteiger partial charge in [-0.2, -0.15) is 0 Å². The Labute approximate surface area is 121 Å². The van der Waals surface area contributed by atoms with Gasteiger partial charge >= 0.3 is 0 Å². The van der Waals surface area contributed by atoms with Crippen molar-refractivity contribution in [2.75, 3.05) is 13.2 Å². The minimum atomic E-state index is 0.122. The van der Waals surface area contributed by atoms with Crippen molar-refractivity contribution < 1.29 is 9.90 Å². The van der Waals surface area contributed by atoms with Crippen LogP contribution in [0.1, 0.15) is 51.4 Å². The van der Waals surface area contributed by atoms with Gasteiger partial charge in [-0.1, -0.05) is 19.3 Å². The molecule has 0 aromatic rings. The van der Waals surface area contributed by atoms with Crippen molar-refractivity contribution in [3.63, 3.8) is 0 Å². The van der Waals surface area contributed by atoms with Crippen molar-refractivity contribution in [1.29, 1.82) is 0 Å². The van der Waals surface area contributed by atoms with Gasteiger partial charge < -0.3 is 10.0 Å². The second-order valence-corrected chi connectivity index (χ2v) is 7.56. The molecule has 3 heteroatoms. The van der Waals surface area contributed by atoms with Crippen molar-refractivity contribution in [2.24, 2.45) is 29.6 Å². The van der Waals surface area contributed by atoms with Crippen LogP contribution >= 0.6 is 0 Å². The number of carbonyl (C=O) groups is 1. The van der Waals surface area contributed by atoms with Gasteiger partial charge in [-0.15, -0.1) is 0 Å². The molecule has 20 heavy (non-hydrogen) atoms. The minimum absolute atomic E-state index is 0.122. The zero-order valence-corrected chi connectivity index (χ0v) is 12.3. The van der Waals surface area contributed by atoms with E-state index in [1.54, 1.807) is 0 Å². The van der Waals surface area contributed by atoms with Gasteiger partial charge in [0.15, 0.2) is 0 Å². The summed E-state index contributed by atoms with van der Waals surface area (Å²) >= 11 is 0. The van der Waals surface area contributed by atoms with Crippen molar-refractivity contribution >= 4 is 5.91 Å². The van der Waals surface area contributed by atoms with Crippen LogP contribution in [0.5, 0.6) is 0 Å². The average Bonchev–Trinajstić information content (AvgIpc) is 2.92. The Hall–Kier alpha value is -0.570. The molecule has 2 bridgehead atoms. The molecule has 1 amide bonds. The van der Waals surface area contributed by atoms with E-state index in [1.807, 2.05) is 0 Å².